The molecule has 1 amide bonds. The fourth-order valence-corrected chi connectivity index (χ4v) is 3.06. The van der Waals surface area contributed by atoms with Crippen molar-refractivity contribution >= 4 is 5.91 Å². The predicted molar refractivity (Wildman–Crippen MR) is 74.9 cm³/mol. The summed E-state index contributed by atoms with van der Waals surface area (Å²) in [6.45, 7) is 6.58. The van der Waals surface area contributed by atoms with Crippen molar-refractivity contribution in [1.29, 1.82) is 0 Å². The van der Waals surface area contributed by atoms with Crippen LogP contribution >= 0.6 is 0 Å². The minimum Gasteiger partial charge on any atom is -0.396 e. The van der Waals surface area contributed by atoms with Crippen LogP contribution in [-0.4, -0.2) is 73.2 Å². The number of hydrogen-bond donors (Lipinski definition) is 2. The molecule has 5 heteroatoms. The summed E-state index contributed by atoms with van der Waals surface area (Å²) in [5.74, 6) is 0.762. The second kappa shape index (κ2) is 7.82. The summed E-state index contributed by atoms with van der Waals surface area (Å²) in [4.78, 5) is 16.6. The van der Waals surface area contributed by atoms with Gasteiger partial charge >= 0.3 is 0 Å². The van der Waals surface area contributed by atoms with Crippen LogP contribution < -0.4 is 5.32 Å². The summed E-state index contributed by atoms with van der Waals surface area (Å²) in [5.41, 5.74) is 0. The monoisotopic (exact) mass is 269 g/mol. The van der Waals surface area contributed by atoms with Crippen molar-refractivity contribution in [1.82, 2.24) is 15.1 Å². The van der Waals surface area contributed by atoms with Gasteiger partial charge in [0.1, 0.15) is 0 Å². The predicted octanol–water partition coefficient (Wildman–Crippen LogP) is -0.0973. The average molecular weight is 269 g/mol. The highest BCUT2D eigenvalue weighted by Gasteiger charge is 2.24. The summed E-state index contributed by atoms with van der Waals surface area (Å²) >= 11 is 0. The number of likely N-dealkylation sites (tertiary alicyclic amines) is 1. The molecule has 2 aliphatic rings. The molecule has 19 heavy (non-hydrogen) atoms. The van der Waals surface area contributed by atoms with Crippen LogP contribution in [0.1, 0.15) is 25.7 Å². The molecule has 0 aliphatic carbocycles. The first kappa shape index (κ1) is 14.8. The van der Waals surface area contributed by atoms with E-state index in [1.807, 2.05) is 4.90 Å². The average Bonchev–Trinajstić information content (AvgIpc) is 2.68. The second-order valence-corrected chi connectivity index (χ2v) is 5.74. The van der Waals surface area contributed by atoms with Gasteiger partial charge in [0.15, 0.2) is 0 Å². The lowest BCUT2D eigenvalue weighted by molar-refractivity contribution is -0.134. The zero-order valence-electron chi connectivity index (χ0n) is 11.8. The summed E-state index contributed by atoms with van der Waals surface area (Å²) in [6.07, 6.45) is 4.19. The van der Waals surface area contributed by atoms with E-state index in [0.29, 0.717) is 12.5 Å². The molecule has 1 atom stereocenters. The Hall–Kier alpha value is -0.650. The molecular weight excluding hydrogens is 242 g/mol. The lowest BCUT2D eigenvalue weighted by Crippen LogP contribution is -2.45. The van der Waals surface area contributed by atoms with Gasteiger partial charge in [-0.1, -0.05) is 0 Å². The van der Waals surface area contributed by atoms with Gasteiger partial charge in [-0.15, -0.1) is 0 Å². The highest BCUT2D eigenvalue weighted by Crippen LogP contribution is 2.19. The molecule has 0 bridgehead atoms. The highest BCUT2D eigenvalue weighted by molar-refractivity contribution is 5.78. The van der Waals surface area contributed by atoms with E-state index in [1.54, 1.807) is 0 Å². The van der Waals surface area contributed by atoms with Crippen molar-refractivity contribution < 1.29 is 9.90 Å². The summed E-state index contributed by atoms with van der Waals surface area (Å²) in [5, 5.41) is 12.4. The van der Waals surface area contributed by atoms with Crippen molar-refractivity contribution in [2.45, 2.75) is 25.7 Å². The SMILES string of the molecule is O=C(CN1CCCNCC1)N1CCCC(CCO)C1. The van der Waals surface area contributed by atoms with Gasteiger partial charge in [0.05, 0.1) is 6.54 Å². The van der Waals surface area contributed by atoms with E-state index < -0.39 is 0 Å². The maximum Gasteiger partial charge on any atom is 0.236 e. The van der Waals surface area contributed by atoms with E-state index in [-0.39, 0.29) is 12.5 Å². The smallest absolute Gasteiger partial charge is 0.236 e. The Labute approximate surface area is 115 Å². The van der Waals surface area contributed by atoms with Gasteiger partial charge < -0.3 is 15.3 Å². The van der Waals surface area contributed by atoms with E-state index in [0.717, 1.165) is 65.0 Å². The topological polar surface area (TPSA) is 55.8 Å². The van der Waals surface area contributed by atoms with Gasteiger partial charge in [0, 0.05) is 32.8 Å². The van der Waals surface area contributed by atoms with Gasteiger partial charge in [-0.3, -0.25) is 9.69 Å². The molecule has 2 N–H and O–H groups in total. The van der Waals surface area contributed by atoms with E-state index in [9.17, 15) is 4.79 Å². The van der Waals surface area contributed by atoms with Crippen LogP contribution in [0.3, 0.4) is 0 Å². The zero-order valence-corrected chi connectivity index (χ0v) is 11.8. The standard InChI is InChI=1S/C14H27N3O2/c18-10-4-13-3-1-8-17(11-13)14(19)12-16-7-2-5-15-6-9-16/h13,15,18H,1-12H2. The van der Waals surface area contributed by atoms with Gasteiger partial charge in [0.2, 0.25) is 5.91 Å². The van der Waals surface area contributed by atoms with Crippen molar-refractivity contribution in [3.8, 4) is 0 Å². The Morgan fingerprint density at radius 1 is 1.21 bits per heavy atom. The molecule has 2 fully saturated rings. The molecule has 0 aromatic carbocycles. The quantitative estimate of drug-likeness (QED) is 0.748. The van der Waals surface area contributed by atoms with Crippen LogP contribution in [0.2, 0.25) is 0 Å². The maximum atomic E-state index is 12.3. The normalized spacial score (nSPS) is 26.2. The molecule has 2 saturated heterocycles. The van der Waals surface area contributed by atoms with Gasteiger partial charge in [-0.05, 0) is 44.7 Å². The van der Waals surface area contributed by atoms with E-state index in [1.165, 1.54) is 0 Å². The molecule has 2 heterocycles. The Balaban J connectivity index is 1.78. The van der Waals surface area contributed by atoms with E-state index in [4.69, 9.17) is 5.11 Å². The molecule has 0 aromatic rings. The number of aliphatic hydroxyl groups excluding tert-OH is 1. The minimum absolute atomic E-state index is 0.241. The molecule has 1 unspecified atom stereocenters. The van der Waals surface area contributed by atoms with E-state index in [2.05, 4.69) is 10.2 Å². The summed E-state index contributed by atoms with van der Waals surface area (Å²) < 4.78 is 0. The third-order valence-corrected chi connectivity index (χ3v) is 4.20. The highest BCUT2D eigenvalue weighted by atomic mass is 16.3. The molecule has 2 aliphatic heterocycles. The van der Waals surface area contributed by atoms with Crippen LogP contribution in [0, 0.1) is 5.92 Å². The van der Waals surface area contributed by atoms with Crippen LogP contribution in [0.15, 0.2) is 0 Å². The molecular formula is C14H27N3O2. The summed E-state index contributed by atoms with van der Waals surface area (Å²) in [7, 11) is 0. The first-order valence-electron chi connectivity index (χ1n) is 7.61. The first-order chi connectivity index (χ1) is 9.29. The van der Waals surface area contributed by atoms with Crippen LogP contribution in [0.25, 0.3) is 0 Å². The first-order valence-corrected chi connectivity index (χ1v) is 7.61. The number of nitrogens with zero attached hydrogens (tertiary/aromatic N) is 2. The number of piperidine rings is 1. The Morgan fingerprint density at radius 3 is 2.95 bits per heavy atom. The number of aliphatic hydroxyl groups is 1. The fraction of sp³-hybridized carbons (Fsp3) is 0.929. The van der Waals surface area contributed by atoms with Crippen LogP contribution in [-0.2, 0) is 4.79 Å². The molecule has 2 rings (SSSR count). The molecule has 0 aromatic heterocycles. The number of hydrogen-bond acceptors (Lipinski definition) is 4. The lowest BCUT2D eigenvalue weighted by atomic mass is 9.95. The molecule has 0 saturated carbocycles. The Kier molecular flexibility index (Phi) is 6.07. The fourth-order valence-electron chi connectivity index (χ4n) is 3.06. The number of rotatable bonds is 4. The maximum absolute atomic E-state index is 12.3. The molecule has 110 valence electrons. The van der Waals surface area contributed by atoms with Crippen molar-refractivity contribution in [3.05, 3.63) is 0 Å². The van der Waals surface area contributed by atoms with Gasteiger partial charge in [-0.25, -0.2) is 0 Å². The molecule has 0 radical (unpaired) electrons. The Bertz CT molecular complexity index is 276. The largest absolute Gasteiger partial charge is 0.396 e. The molecule has 0 spiro atoms. The summed E-state index contributed by atoms with van der Waals surface area (Å²) in [6, 6.07) is 0. The van der Waals surface area contributed by atoms with Crippen LogP contribution in [0.4, 0.5) is 0 Å². The Morgan fingerprint density at radius 2 is 2.11 bits per heavy atom. The zero-order chi connectivity index (χ0) is 13.5. The van der Waals surface area contributed by atoms with Gasteiger partial charge in [-0.2, -0.15) is 0 Å². The van der Waals surface area contributed by atoms with Crippen molar-refractivity contribution in [2.24, 2.45) is 5.92 Å². The molecule has 5 nitrogen and oxygen atoms in total. The van der Waals surface area contributed by atoms with Gasteiger partial charge in [0.25, 0.3) is 0 Å². The minimum atomic E-state index is 0.241. The third kappa shape index (κ3) is 4.75. The number of carbonyl (C=O) groups is 1. The second-order valence-electron chi connectivity index (χ2n) is 5.74. The van der Waals surface area contributed by atoms with Crippen molar-refractivity contribution in [3.63, 3.8) is 0 Å². The van der Waals surface area contributed by atoms with Crippen LogP contribution in [0.5, 0.6) is 0 Å². The number of nitrogens with one attached hydrogen (secondary N) is 1. The van der Waals surface area contributed by atoms with Crippen molar-refractivity contribution in [2.75, 3.05) is 52.4 Å². The lowest BCUT2D eigenvalue weighted by Gasteiger charge is -2.34. The number of amides is 1. The third-order valence-electron chi connectivity index (χ3n) is 4.20. The number of carbonyl (C=O) groups excluding carboxylic acids is 1. The van der Waals surface area contributed by atoms with E-state index >= 15 is 0 Å².